The predicted molar refractivity (Wildman–Crippen MR) is 46.9 cm³/mol. The van der Waals surface area contributed by atoms with E-state index in [0.717, 1.165) is 11.5 Å². The van der Waals surface area contributed by atoms with Crippen molar-refractivity contribution in [1.29, 1.82) is 0 Å². The fourth-order valence-electron chi connectivity index (χ4n) is 0.975. The average Bonchev–Trinajstić information content (AvgIpc) is 2.03. The van der Waals surface area contributed by atoms with E-state index in [1.807, 2.05) is 19.9 Å². The molecule has 66 valence electrons. The molecule has 0 bridgehead atoms. The second kappa shape index (κ2) is 3.63. The SMILES string of the molecule is Cc1nccc(C(C)C(C)O)n1. The van der Waals surface area contributed by atoms with Gasteiger partial charge in [-0.3, -0.25) is 0 Å². The van der Waals surface area contributed by atoms with Gasteiger partial charge in [0.05, 0.1) is 6.10 Å². The Hall–Kier alpha value is -0.960. The minimum absolute atomic E-state index is 0.0756. The molecule has 2 atom stereocenters. The van der Waals surface area contributed by atoms with Crippen molar-refractivity contribution < 1.29 is 5.11 Å². The molecule has 1 aromatic rings. The summed E-state index contributed by atoms with van der Waals surface area (Å²) in [6.07, 6.45) is 1.36. The van der Waals surface area contributed by atoms with Crippen LogP contribution in [0, 0.1) is 6.92 Å². The highest BCUT2D eigenvalue weighted by molar-refractivity contribution is 5.08. The largest absolute Gasteiger partial charge is 0.393 e. The molecular weight excluding hydrogens is 152 g/mol. The van der Waals surface area contributed by atoms with Crippen LogP contribution in [0.1, 0.15) is 31.3 Å². The summed E-state index contributed by atoms with van der Waals surface area (Å²) >= 11 is 0. The van der Waals surface area contributed by atoms with Gasteiger partial charge in [0.25, 0.3) is 0 Å². The van der Waals surface area contributed by atoms with Crippen LogP contribution in [0.25, 0.3) is 0 Å². The summed E-state index contributed by atoms with van der Waals surface area (Å²) in [4.78, 5) is 8.21. The minimum Gasteiger partial charge on any atom is -0.393 e. The van der Waals surface area contributed by atoms with E-state index in [1.165, 1.54) is 0 Å². The lowest BCUT2D eigenvalue weighted by molar-refractivity contribution is 0.167. The highest BCUT2D eigenvalue weighted by Gasteiger charge is 2.12. The highest BCUT2D eigenvalue weighted by atomic mass is 16.3. The monoisotopic (exact) mass is 166 g/mol. The van der Waals surface area contributed by atoms with Gasteiger partial charge in [-0.2, -0.15) is 0 Å². The third kappa shape index (κ3) is 2.01. The van der Waals surface area contributed by atoms with Crippen LogP contribution in [0.4, 0.5) is 0 Å². The van der Waals surface area contributed by atoms with Gasteiger partial charge in [-0.25, -0.2) is 9.97 Å². The number of aliphatic hydroxyl groups excluding tert-OH is 1. The van der Waals surface area contributed by atoms with Gasteiger partial charge >= 0.3 is 0 Å². The van der Waals surface area contributed by atoms with E-state index in [0.29, 0.717) is 0 Å². The van der Waals surface area contributed by atoms with E-state index in [9.17, 15) is 5.11 Å². The molecule has 12 heavy (non-hydrogen) atoms. The van der Waals surface area contributed by atoms with Crippen molar-refractivity contribution in [2.75, 3.05) is 0 Å². The lowest BCUT2D eigenvalue weighted by Gasteiger charge is -2.13. The first-order valence-corrected chi connectivity index (χ1v) is 4.09. The zero-order chi connectivity index (χ0) is 9.14. The lowest BCUT2D eigenvalue weighted by Crippen LogP contribution is -2.13. The number of hydrogen-bond acceptors (Lipinski definition) is 3. The normalized spacial score (nSPS) is 15.7. The van der Waals surface area contributed by atoms with Gasteiger partial charge in [-0.05, 0) is 19.9 Å². The molecule has 0 spiro atoms. The minimum atomic E-state index is -0.362. The van der Waals surface area contributed by atoms with E-state index in [1.54, 1.807) is 13.1 Å². The molecule has 0 saturated carbocycles. The number of hydrogen-bond donors (Lipinski definition) is 1. The van der Waals surface area contributed by atoms with E-state index in [2.05, 4.69) is 9.97 Å². The molecule has 1 aromatic heterocycles. The Kier molecular flexibility index (Phi) is 2.76. The van der Waals surface area contributed by atoms with Gasteiger partial charge in [0, 0.05) is 17.8 Å². The molecule has 0 aromatic carbocycles. The van der Waals surface area contributed by atoms with Crippen molar-refractivity contribution in [3.8, 4) is 0 Å². The third-order valence-electron chi connectivity index (χ3n) is 1.99. The Morgan fingerprint density at radius 3 is 2.58 bits per heavy atom. The van der Waals surface area contributed by atoms with Crippen LogP contribution >= 0.6 is 0 Å². The number of nitrogens with zero attached hydrogens (tertiary/aromatic N) is 2. The fourth-order valence-corrected chi connectivity index (χ4v) is 0.975. The van der Waals surface area contributed by atoms with Gasteiger partial charge in [0.1, 0.15) is 5.82 Å². The topological polar surface area (TPSA) is 46.0 Å². The van der Waals surface area contributed by atoms with Gasteiger partial charge in [-0.15, -0.1) is 0 Å². The van der Waals surface area contributed by atoms with Crippen molar-refractivity contribution in [1.82, 2.24) is 9.97 Å². The van der Waals surface area contributed by atoms with Gasteiger partial charge in [0.2, 0.25) is 0 Å². The molecule has 0 saturated heterocycles. The smallest absolute Gasteiger partial charge is 0.125 e. The molecule has 0 aliphatic rings. The fraction of sp³-hybridized carbons (Fsp3) is 0.556. The summed E-state index contributed by atoms with van der Waals surface area (Å²) in [5, 5.41) is 9.30. The van der Waals surface area contributed by atoms with E-state index in [-0.39, 0.29) is 12.0 Å². The molecule has 0 amide bonds. The first-order chi connectivity index (χ1) is 5.61. The van der Waals surface area contributed by atoms with Crippen molar-refractivity contribution in [3.05, 3.63) is 23.8 Å². The van der Waals surface area contributed by atoms with Crippen LogP contribution < -0.4 is 0 Å². The standard InChI is InChI=1S/C9H14N2O/c1-6(7(2)12)9-4-5-10-8(3)11-9/h4-7,12H,1-3H3. The first kappa shape index (κ1) is 9.13. The van der Waals surface area contributed by atoms with Crippen molar-refractivity contribution in [2.45, 2.75) is 32.8 Å². The second-order valence-electron chi connectivity index (χ2n) is 3.06. The maximum Gasteiger partial charge on any atom is 0.125 e. The average molecular weight is 166 g/mol. The summed E-state index contributed by atoms with van der Waals surface area (Å²) in [5.74, 6) is 0.826. The van der Waals surface area contributed by atoms with Crippen LogP contribution in [0.3, 0.4) is 0 Å². The van der Waals surface area contributed by atoms with E-state index >= 15 is 0 Å². The summed E-state index contributed by atoms with van der Waals surface area (Å²) in [6, 6.07) is 1.84. The van der Waals surface area contributed by atoms with E-state index in [4.69, 9.17) is 0 Å². The second-order valence-corrected chi connectivity index (χ2v) is 3.06. The van der Waals surface area contributed by atoms with Crippen LogP contribution in [-0.2, 0) is 0 Å². The Bertz CT molecular complexity index is 260. The Labute approximate surface area is 72.5 Å². The van der Waals surface area contributed by atoms with Gasteiger partial charge in [-0.1, -0.05) is 6.92 Å². The van der Waals surface area contributed by atoms with Gasteiger partial charge in [0.15, 0.2) is 0 Å². The van der Waals surface area contributed by atoms with Crippen molar-refractivity contribution >= 4 is 0 Å². The van der Waals surface area contributed by atoms with Crippen LogP contribution in [0.2, 0.25) is 0 Å². The summed E-state index contributed by atoms with van der Waals surface area (Å²) in [5.41, 5.74) is 0.900. The first-order valence-electron chi connectivity index (χ1n) is 4.09. The Morgan fingerprint density at radius 1 is 1.42 bits per heavy atom. The van der Waals surface area contributed by atoms with Crippen LogP contribution in [-0.4, -0.2) is 21.2 Å². The van der Waals surface area contributed by atoms with Crippen LogP contribution in [0.15, 0.2) is 12.3 Å². The molecule has 0 aliphatic carbocycles. The molecule has 0 fully saturated rings. The molecule has 3 heteroatoms. The van der Waals surface area contributed by atoms with Crippen LogP contribution in [0.5, 0.6) is 0 Å². The molecule has 1 N–H and O–H groups in total. The number of aromatic nitrogens is 2. The Balaban J connectivity index is 2.88. The molecule has 1 rings (SSSR count). The quantitative estimate of drug-likeness (QED) is 0.719. The van der Waals surface area contributed by atoms with Crippen molar-refractivity contribution in [2.24, 2.45) is 0 Å². The zero-order valence-electron chi connectivity index (χ0n) is 7.65. The molecule has 0 aliphatic heterocycles. The predicted octanol–water partition coefficient (Wildman–Crippen LogP) is 1.27. The van der Waals surface area contributed by atoms with Gasteiger partial charge < -0.3 is 5.11 Å². The number of aryl methyl sites for hydroxylation is 1. The molecule has 2 unspecified atom stereocenters. The molecule has 0 radical (unpaired) electrons. The molecular formula is C9H14N2O. The highest BCUT2D eigenvalue weighted by Crippen LogP contribution is 2.15. The maximum atomic E-state index is 9.30. The molecule has 3 nitrogen and oxygen atoms in total. The lowest BCUT2D eigenvalue weighted by atomic mass is 10.0. The molecule has 1 heterocycles. The van der Waals surface area contributed by atoms with E-state index < -0.39 is 0 Å². The maximum absolute atomic E-state index is 9.30. The number of aliphatic hydroxyl groups is 1. The number of rotatable bonds is 2. The third-order valence-corrected chi connectivity index (χ3v) is 1.99. The zero-order valence-corrected chi connectivity index (χ0v) is 7.65. The Morgan fingerprint density at radius 2 is 2.08 bits per heavy atom. The summed E-state index contributed by atoms with van der Waals surface area (Å²) in [7, 11) is 0. The summed E-state index contributed by atoms with van der Waals surface area (Å²) in [6.45, 7) is 5.56. The van der Waals surface area contributed by atoms with Crippen molar-refractivity contribution in [3.63, 3.8) is 0 Å². The summed E-state index contributed by atoms with van der Waals surface area (Å²) < 4.78 is 0.